The first kappa shape index (κ1) is 22.0. The number of amides is 1. The summed E-state index contributed by atoms with van der Waals surface area (Å²) in [5.41, 5.74) is 10.5. The largest absolute Gasteiger partial charge is 0.374 e. The van der Waals surface area contributed by atoms with Crippen LogP contribution in [0.3, 0.4) is 0 Å². The molecule has 7 nitrogen and oxygen atoms in total. The third-order valence-corrected chi connectivity index (χ3v) is 6.43. The van der Waals surface area contributed by atoms with Crippen molar-refractivity contribution < 1.29 is 9.72 Å². The maximum Gasteiger partial charge on any atom is 0.270 e. The third-order valence-electron chi connectivity index (χ3n) is 4.98. The molecule has 0 bridgehead atoms. The molecule has 9 heteroatoms. The number of fused-ring (bicyclic) bond motifs is 1. The maximum absolute atomic E-state index is 12.7. The number of rotatable bonds is 3. The molecule has 2 aromatic carbocycles. The van der Waals surface area contributed by atoms with Gasteiger partial charge in [-0.25, -0.2) is 5.01 Å². The number of thiocarbonyl (C=S) groups is 1. The van der Waals surface area contributed by atoms with Crippen LogP contribution in [0.1, 0.15) is 50.0 Å². The summed E-state index contributed by atoms with van der Waals surface area (Å²) in [5.74, 6) is -0.467. The van der Waals surface area contributed by atoms with Gasteiger partial charge in [0.25, 0.3) is 11.6 Å². The zero-order valence-corrected chi connectivity index (χ0v) is 18.9. The number of hydrogen-bond donors (Lipinski definition) is 2. The third kappa shape index (κ3) is 4.57. The van der Waals surface area contributed by atoms with E-state index in [0.717, 1.165) is 6.42 Å². The van der Waals surface area contributed by atoms with Crippen LogP contribution in [-0.2, 0) is 5.41 Å². The van der Waals surface area contributed by atoms with E-state index in [0.29, 0.717) is 5.69 Å². The molecular weight excluding hydrogens is 420 g/mol. The van der Waals surface area contributed by atoms with E-state index in [2.05, 4.69) is 33.1 Å². The average molecular weight is 445 g/mol. The quantitative estimate of drug-likeness (QED) is 0.407. The van der Waals surface area contributed by atoms with E-state index in [4.69, 9.17) is 18.0 Å². The topological polar surface area (TPSA) is 102 Å². The van der Waals surface area contributed by atoms with Crippen molar-refractivity contribution in [2.45, 2.75) is 49.2 Å². The molecule has 0 fully saturated rings. The van der Waals surface area contributed by atoms with E-state index < -0.39 is 10.8 Å². The van der Waals surface area contributed by atoms with Gasteiger partial charge in [0.1, 0.15) is 0 Å². The van der Waals surface area contributed by atoms with Gasteiger partial charge in [0.05, 0.1) is 10.6 Å². The molecule has 0 aromatic heterocycles. The Bertz CT molecular complexity index is 1020. The van der Waals surface area contributed by atoms with E-state index in [9.17, 15) is 14.9 Å². The van der Waals surface area contributed by atoms with Crippen LogP contribution in [0.4, 0.5) is 11.4 Å². The van der Waals surface area contributed by atoms with Crippen LogP contribution in [0, 0.1) is 10.1 Å². The molecule has 30 heavy (non-hydrogen) atoms. The molecule has 0 unspecified atom stereocenters. The monoisotopic (exact) mass is 444 g/mol. The number of thioether (sulfide) groups is 1. The Labute approximate surface area is 185 Å². The van der Waals surface area contributed by atoms with Crippen LogP contribution in [0.2, 0.25) is 0 Å². The lowest BCUT2D eigenvalue weighted by molar-refractivity contribution is -0.384. The predicted octanol–water partition coefficient (Wildman–Crippen LogP) is 4.54. The van der Waals surface area contributed by atoms with Crippen molar-refractivity contribution in [1.82, 2.24) is 5.43 Å². The number of anilines is 1. The van der Waals surface area contributed by atoms with Crippen molar-refractivity contribution in [2.75, 3.05) is 5.01 Å². The minimum absolute atomic E-state index is 0.00758. The SMILES string of the molecule is CC1(C)CC(C)(C)c2cc(N(NC(=O)c3ccc([N+](=O)[O-])cc3)C(N)=S)ccc2S1. The van der Waals surface area contributed by atoms with Crippen molar-refractivity contribution in [2.24, 2.45) is 5.73 Å². The number of hydrogen-bond acceptors (Lipinski definition) is 5. The fourth-order valence-corrected chi connectivity index (χ4v) is 5.68. The van der Waals surface area contributed by atoms with Gasteiger partial charge in [-0.3, -0.25) is 20.3 Å². The summed E-state index contributed by atoms with van der Waals surface area (Å²) < 4.78 is 0.130. The number of non-ortho nitro benzene ring substituents is 1. The molecule has 0 radical (unpaired) electrons. The molecule has 0 atom stereocenters. The van der Waals surface area contributed by atoms with Crippen LogP contribution in [0.15, 0.2) is 47.4 Å². The zero-order valence-electron chi connectivity index (χ0n) is 17.3. The second-order valence-corrected chi connectivity index (χ2v) is 10.7. The summed E-state index contributed by atoms with van der Waals surface area (Å²) in [6, 6.07) is 11.2. The van der Waals surface area contributed by atoms with Crippen LogP contribution in [0.25, 0.3) is 0 Å². The molecule has 3 N–H and O–H groups in total. The van der Waals surface area contributed by atoms with E-state index in [1.165, 1.54) is 39.7 Å². The fraction of sp³-hybridized carbons (Fsp3) is 0.333. The van der Waals surface area contributed by atoms with E-state index in [-0.39, 0.29) is 26.5 Å². The van der Waals surface area contributed by atoms with Crippen molar-refractivity contribution in [1.29, 1.82) is 0 Å². The van der Waals surface area contributed by atoms with Crippen LogP contribution >= 0.6 is 24.0 Å². The number of carbonyl (C=O) groups is 1. The molecule has 0 aliphatic carbocycles. The smallest absolute Gasteiger partial charge is 0.270 e. The highest BCUT2D eigenvalue weighted by molar-refractivity contribution is 8.00. The van der Waals surface area contributed by atoms with Gasteiger partial charge < -0.3 is 5.73 Å². The van der Waals surface area contributed by atoms with Gasteiger partial charge >= 0.3 is 0 Å². The van der Waals surface area contributed by atoms with Gasteiger partial charge in [-0.15, -0.1) is 11.8 Å². The first-order valence-corrected chi connectivity index (χ1v) is 10.6. The Balaban J connectivity index is 1.89. The van der Waals surface area contributed by atoms with Crippen LogP contribution in [-0.4, -0.2) is 20.7 Å². The molecule has 2 aromatic rings. The summed E-state index contributed by atoms with van der Waals surface area (Å²) in [5, 5.41) is 12.2. The fourth-order valence-electron chi connectivity index (χ4n) is 3.92. The number of nitrogens with two attached hydrogens (primary N) is 1. The lowest BCUT2D eigenvalue weighted by Crippen LogP contribution is -2.49. The van der Waals surface area contributed by atoms with E-state index in [1.807, 2.05) is 30.0 Å². The molecule has 0 saturated carbocycles. The predicted molar refractivity (Wildman–Crippen MR) is 124 cm³/mol. The number of benzene rings is 2. The summed E-state index contributed by atoms with van der Waals surface area (Å²) in [6.45, 7) is 8.89. The first-order chi connectivity index (χ1) is 13.9. The summed E-state index contributed by atoms with van der Waals surface area (Å²) in [4.78, 5) is 24.2. The minimum atomic E-state index is -0.517. The number of nitro benzene ring substituents is 1. The standard InChI is InChI=1S/C21H24N4O3S2/c1-20(2)12-21(3,4)30-17-10-9-15(11-16(17)20)24(19(22)29)23-18(26)13-5-7-14(8-6-13)25(27)28/h5-11H,12H2,1-4H3,(H2,22,29)(H,23,26). The van der Waals surface area contributed by atoms with E-state index in [1.54, 1.807) is 0 Å². The lowest BCUT2D eigenvalue weighted by atomic mass is 9.77. The highest BCUT2D eigenvalue weighted by Crippen LogP contribution is 2.51. The highest BCUT2D eigenvalue weighted by atomic mass is 32.2. The van der Waals surface area contributed by atoms with Gasteiger partial charge in [0.15, 0.2) is 5.11 Å². The summed E-state index contributed by atoms with van der Waals surface area (Å²) >= 11 is 7.00. The van der Waals surface area contributed by atoms with Crippen LogP contribution < -0.4 is 16.2 Å². The number of nitrogens with one attached hydrogen (secondary N) is 1. The van der Waals surface area contributed by atoms with Gasteiger partial charge in [0.2, 0.25) is 0 Å². The Hall–Kier alpha value is -2.65. The molecule has 1 aliphatic heterocycles. The maximum atomic E-state index is 12.7. The number of hydrazine groups is 1. The lowest BCUT2D eigenvalue weighted by Gasteiger charge is -2.42. The summed E-state index contributed by atoms with van der Waals surface area (Å²) in [6.07, 6.45) is 1.00. The van der Waals surface area contributed by atoms with Gasteiger partial charge in [-0.05, 0) is 59.9 Å². The first-order valence-electron chi connectivity index (χ1n) is 9.38. The molecule has 3 rings (SSSR count). The van der Waals surface area contributed by atoms with Gasteiger partial charge in [-0.1, -0.05) is 27.7 Å². The van der Waals surface area contributed by atoms with Crippen molar-refractivity contribution >= 4 is 46.4 Å². The zero-order chi connectivity index (χ0) is 22.3. The minimum Gasteiger partial charge on any atom is -0.374 e. The molecule has 1 aliphatic rings. The number of nitrogens with zero attached hydrogens (tertiary/aromatic N) is 2. The van der Waals surface area contributed by atoms with Gasteiger partial charge in [0, 0.05) is 27.3 Å². The second kappa shape index (κ2) is 7.88. The summed E-state index contributed by atoms with van der Waals surface area (Å²) in [7, 11) is 0. The Morgan fingerprint density at radius 2 is 1.83 bits per heavy atom. The van der Waals surface area contributed by atoms with Gasteiger partial charge in [-0.2, -0.15) is 0 Å². The van der Waals surface area contributed by atoms with Crippen molar-refractivity contribution in [3.8, 4) is 0 Å². The van der Waals surface area contributed by atoms with Crippen LogP contribution in [0.5, 0.6) is 0 Å². The Kier molecular flexibility index (Phi) is 5.79. The molecule has 0 spiro atoms. The molecule has 1 heterocycles. The molecule has 158 valence electrons. The Morgan fingerprint density at radius 1 is 1.20 bits per heavy atom. The second-order valence-electron chi connectivity index (χ2n) is 8.52. The molecule has 1 amide bonds. The highest BCUT2D eigenvalue weighted by Gasteiger charge is 2.38. The van der Waals surface area contributed by atoms with Crippen molar-refractivity contribution in [3.63, 3.8) is 0 Å². The number of nitro groups is 1. The number of carbonyl (C=O) groups excluding carboxylic acids is 1. The molecular formula is C21H24N4O3S2. The van der Waals surface area contributed by atoms with Crippen molar-refractivity contribution in [3.05, 3.63) is 63.7 Å². The van der Waals surface area contributed by atoms with E-state index >= 15 is 0 Å². The normalized spacial score (nSPS) is 16.3. The molecule has 0 saturated heterocycles. The average Bonchev–Trinajstić information content (AvgIpc) is 2.64. The Morgan fingerprint density at radius 3 is 2.40 bits per heavy atom.